The molecule has 5 atom stereocenters. The van der Waals surface area contributed by atoms with Crippen LogP contribution in [0.3, 0.4) is 0 Å². The van der Waals surface area contributed by atoms with Gasteiger partial charge < -0.3 is 37.0 Å². The molecule has 5 unspecified atom stereocenters. The molecule has 0 saturated carbocycles. The molecule has 0 bridgehead atoms. The fourth-order valence-corrected chi connectivity index (χ4v) is 3.38. The molecular formula is C24H38N4O7. The molecule has 11 nitrogen and oxygen atoms in total. The van der Waals surface area contributed by atoms with Gasteiger partial charge in [0.25, 0.3) is 0 Å². The Balaban J connectivity index is 2.93. The van der Waals surface area contributed by atoms with Gasteiger partial charge in [0.1, 0.15) is 23.9 Å². The molecule has 1 rings (SSSR count). The Morgan fingerprint density at radius 1 is 0.857 bits per heavy atom. The Labute approximate surface area is 205 Å². The van der Waals surface area contributed by atoms with E-state index in [2.05, 4.69) is 16.0 Å². The highest BCUT2D eigenvalue weighted by molar-refractivity contribution is 5.94. The zero-order chi connectivity index (χ0) is 26.9. The van der Waals surface area contributed by atoms with Crippen LogP contribution in [0, 0.1) is 11.8 Å². The number of carbonyl (C=O) groups excluding carboxylic acids is 3. The molecule has 0 spiro atoms. The van der Waals surface area contributed by atoms with Crippen LogP contribution in [0.25, 0.3) is 0 Å². The SMILES string of the molecule is CC(C)CC(NC(=O)C(N)Cc1ccc(O)cc1)C(=O)NC(C(=O)NC(C(=O)O)C(C)C)C(C)O. The fourth-order valence-electron chi connectivity index (χ4n) is 3.38. The summed E-state index contributed by atoms with van der Waals surface area (Å²) >= 11 is 0. The van der Waals surface area contributed by atoms with Gasteiger partial charge in [-0.15, -0.1) is 0 Å². The number of aliphatic hydroxyl groups excluding tert-OH is 1. The minimum atomic E-state index is -1.43. The van der Waals surface area contributed by atoms with Crippen LogP contribution in [0.5, 0.6) is 5.75 Å². The van der Waals surface area contributed by atoms with Crippen LogP contribution >= 0.6 is 0 Å². The lowest BCUT2D eigenvalue weighted by molar-refractivity contribution is -0.144. The highest BCUT2D eigenvalue weighted by Crippen LogP contribution is 2.12. The molecule has 11 heteroatoms. The number of rotatable bonds is 13. The molecule has 35 heavy (non-hydrogen) atoms. The van der Waals surface area contributed by atoms with Crippen LogP contribution in [0.2, 0.25) is 0 Å². The van der Waals surface area contributed by atoms with E-state index in [0.717, 1.165) is 5.56 Å². The molecule has 0 aromatic heterocycles. The Hall–Kier alpha value is -3.18. The number of carboxylic acid groups (broad SMARTS) is 1. The number of nitrogens with two attached hydrogens (primary N) is 1. The van der Waals surface area contributed by atoms with Gasteiger partial charge in [0.05, 0.1) is 12.1 Å². The monoisotopic (exact) mass is 494 g/mol. The molecule has 8 N–H and O–H groups in total. The molecule has 0 heterocycles. The van der Waals surface area contributed by atoms with Gasteiger partial charge in [-0.1, -0.05) is 39.8 Å². The number of phenolic OH excluding ortho intramolecular Hbond substituents is 1. The van der Waals surface area contributed by atoms with Gasteiger partial charge in [-0.2, -0.15) is 0 Å². The normalized spacial score (nSPS) is 15.6. The third-order valence-corrected chi connectivity index (χ3v) is 5.36. The van der Waals surface area contributed by atoms with Crippen LogP contribution in [-0.4, -0.2) is 69.3 Å². The Bertz CT molecular complexity index is 871. The summed E-state index contributed by atoms with van der Waals surface area (Å²) in [5.74, 6) is -3.73. The van der Waals surface area contributed by atoms with E-state index in [1.165, 1.54) is 19.1 Å². The number of carbonyl (C=O) groups is 4. The average molecular weight is 495 g/mol. The smallest absolute Gasteiger partial charge is 0.326 e. The maximum absolute atomic E-state index is 13.0. The minimum Gasteiger partial charge on any atom is -0.508 e. The van der Waals surface area contributed by atoms with Crippen LogP contribution < -0.4 is 21.7 Å². The Morgan fingerprint density at radius 2 is 1.40 bits per heavy atom. The van der Waals surface area contributed by atoms with Crippen LogP contribution in [0.4, 0.5) is 0 Å². The highest BCUT2D eigenvalue weighted by Gasteiger charge is 2.33. The number of aliphatic hydroxyl groups is 1. The number of aliphatic carboxylic acids is 1. The van der Waals surface area contributed by atoms with Crippen molar-refractivity contribution in [2.24, 2.45) is 17.6 Å². The number of phenols is 1. The first-order valence-corrected chi connectivity index (χ1v) is 11.6. The van der Waals surface area contributed by atoms with E-state index >= 15 is 0 Å². The van der Waals surface area contributed by atoms with E-state index in [0.29, 0.717) is 0 Å². The van der Waals surface area contributed by atoms with E-state index in [9.17, 15) is 34.5 Å². The van der Waals surface area contributed by atoms with Gasteiger partial charge in [0.2, 0.25) is 17.7 Å². The van der Waals surface area contributed by atoms with E-state index in [4.69, 9.17) is 5.73 Å². The summed E-state index contributed by atoms with van der Waals surface area (Å²) in [5.41, 5.74) is 6.73. The number of amides is 3. The molecule has 0 aliphatic rings. The number of hydrogen-bond acceptors (Lipinski definition) is 7. The van der Waals surface area contributed by atoms with Crippen molar-refractivity contribution in [2.75, 3.05) is 0 Å². The van der Waals surface area contributed by atoms with Crippen molar-refractivity contribution in [3.8, 4) is 5.75 Å². The quantitative estimate of drug-likeness (QED) is 0.197. The minimum absolute atomic E-state index is 0.00414. The first-order valence-electron chi connectivity index (χ1n) is 11.6. The summed E-state index contributed by atoms with van der Waals surface area (Å²) in [4.78, 5) is 49.8. The third-order valence-electron chi connectivity index (χ3n) is 5.36. The van der Waals surface area contributed by atoms with Crippen molar-refractivity contribution < 1.29 is 34.5 Å². The summed E-state index contributed by atoms with van der Waals surface area (Å²) in [6, 6.07) is 1.57. The lowest BCUT2D eigenvalue weighted by Gasteiger charge is -2.28. The summed E-state index contributed by atoms with van der Waals surface area (Å²) < 4.78 is 0. The molecule has 0 radical (unpaired) electrons. The van der Waals surface area contributed by atoms with Crippen LogP contribution in [0.15, 0.2) is 24.3 Å². The standard InChI is InChI=1S/C24H38N4O7/c1-12(2)10-18(26-21(31)17(25)11-15-6-8-16(30)9-7-15)22(32)28-20(14(5)29)23(33)27-19(13(3)4)24(34)35/h6-9,12-14,17-20,29-30H,10-11,25H2,1-5H3,(H,26,31)(H,27,33)(H,28,32)(H,34,35). The van der Waals surface area contributed by atoms with E-state index in [-0.39, 0.29) is 24.5 Å². The zero-order valence-corrected chi connectivity index (χ0v) is 20.8. The lowest BCUT2D eigenvalue weighted by Crippen LogP contribution is -2.60. The number of carboxylic acids is 1. The largest absolute Gasteiger partial charge is 0.508 e. The highest BCUT2D eigenvalue weighted by atomic mass is 16.4. The lowest BCUT2D eigenvalue weighted by atomic mass is 10.00. The van der Waals surface area contributed by atoms with Crippen molar-refractivity contribution in [3.63, 3.8) is 0 Å². The summed E-state index contributed by atoms with van der Waals surface area (Å²) in [6.07, 6.45) is -0.915. The average Bonchev–Trinajstić information content (AvgIpc) is 2.75. The van der Waals surface area contributed by atoms with Crippen LogP contribution in [-0.2, 0) is 25.6 Å². The maximum atomic E-state index is 13.0. The van der Waals surface area contributed by atoms with Gasteiger partial charge in [-0.05, 0) is 49.3 Å². The molecule has 196 valence electrons. The molecule has 1 aromatic carbocycles. The third kappa shape index (κ3) is 9.91. The van der Waals surface area contributed by atoms with Crippen molar-refractivity contribution in [2.45, 2.75) is 77.7 Å². The second kappa shape index (κ2) is 13.6. The topological polar surface area (TPSA) is 191 Å². The van der Waals surface area contributed by atoms with Crippen molar-refractivity contribution in [1.82, 2.24) is 16.0 Å². The van der Waals surface area contributed by atoms with Crippen molar-refractivity contribution >= 4 is 23.7 Å². The molecule has 0 fully saturated rings. The van der Waals surface area contributed by atoms with Gasteiger partial charge in [0, 0.05) is 0 Å². The molecular weight excluding hydrogens is 456 g/mol. The predicted octanol–water partition coefficient (Wildman–Crippen LogP) is -0.116. The second-order valence-corrected chi connectivity index (χ2v) is 9.46. The summed E-state index contributed by atoms with van der Waals surface area (Å²) in [5, 5.41) is 36.2. The first-order chi connectivity index (χ1) is 16.2. The maximum Gasteiger partial charge on any atom is 0.326 e. The van der Waals surface area contributed by atoms with Gasteiger partial charge in [-0.3, -0.25) is 14.4 Å². The van der Waals surface area contributed by atoms with Gasteiger partial charge >= 0.3 is 5.97 Å². The van der Waals surface area contributed by atoms with Crippen molar-refractivity contribution in [1.29, 1.82) is 0 Å². The van der Waals surface area contributed by atoms with E-state index in [1.54, 1.807) is 26.0 Å². The van der Waals surface area contributed by atoms with Crippen molar-refractivity contribution in [3.05, 3.63) is 29.8 Å². The zero-order valence-electron chi connectivity index (χ0n) is 20.8. The molecule has 3 amide bonds. The van der Waals surface area contributed by atoms with Gasteiger partial charge in [-0.25, -0.2) is 4.79 Å². The number of benzene rings is 1. The Kier molecular flexibility index (Phi) is 11.6. The second-order valence-electron chi connectivity index (χ2n) is 9.46. The summed E-state index contributed by atoms with van der Waals surface area (Å²) in [7, 11) is 0. The molecule has 1 aromatic rings. The Morgan fingerprint density at radius 3 is 1.86 bits per heavy atom. The van der Waals surface area contributed by atoms with E-state index < -0.39 is 59.9 Å². The molecule has 0 saturated heterocycles. The fraction of sp³-hybridized carbons (Fsp3) is 0.583. The molecule has 0 aliphatic carbocycles. The summed E-state index contributed by atoms with van der Waals surface area (Å²) in [6.45, 7) is 8.22. The number of nitrogens with one attached hydrogen (secondary N) is 3. The van der Waals surface area contributed by atoms with E-state index in [1.807, 2.05) is 13.8 Å². The number of hydrogen-bond donors (Lipinski definition) is 7. The molecule has 0 aliphatic heterocycles. The predicted molar refractivity (Wildman–Crippen MR) is 129 cm³/mol. The number of aromatic hydroxyl groups is 1. The van der Waals surface area contributed by atoms with Crippen LogP contribution in [0.1, 0.15) is 46.6 Å². The first kappa shape index (κ1) is 29.9. The van der Waals surface area contributed by atoms with Gasteiger partial charge in [0.15, 0.2) is 0 Å².